The van der Waals surface area contributed by atoms with Gasteiger partial charge in [0.25, 0.3) is 0 Å². The third-order valence-corrected chi connectivity index (χ3v) is 4.22. The molecule has 0 aliphatic heterocycles. The Morgan fingerprint density at radius 1 is 1.21 bits per heavy atom. The molecule has 0 saturated heterocycles. The van der Waals surface area contributed by atoms with Gasteiger partial charge >= 0.3 is 0 Å². The molecule has 0 unspecified atom stereocenters. The average molecular weight is 274 g/mol. The Balaban J connectivity index is 2.30. The number of rotatable bonds is 6. The molecule has 0 spiro atoms. The van der Waals surface area contributed by atoms with Gasteiger partial charge in [-0.05, 0) is 29.7 Å². The Hall–Kier alpha value is -1.45. The molecule has 0 bridgehead atoms. The first kappa shape index (κ1) is 14.0. The first-order valence-electron chi connectivity index (χ1n) is 6.46. The molecule has 2 nitrogen and oxygen atoms in total. The molecule has 19 heavy (non-hydrogen) atoms. The van der Waals surface area contributed by atoms with Gasteiger partial charge in [-0.2, -0.15) is 0 Å². The molecule has 0 N–H and O–H groups in total. The van der Waals surface area contributed by atoms with Crippen molar-refractivity contribution in [1.29, 1.82) is 0 Å². The van der Waals surface area contributed by atoms with Crippen LogP contribution in [0.2, 0.25) is 0 Å². The van der Waals surface area contributed by atoms with Crippen LogP contribution in [0.3, 0.4) is 0 Å². The quantitative estimate of drug-likeness (QED) is 0.738. The highest BCUT2D eigenvalue weighted by Crippen LogP contribution is 2.31. The molecule has 1 heterocycles. The largest absolute Gasteiger partial charge is 0.384 e. The Bertz CT molecular complexity index is 557. The molecular formula is C16H18O2S. The predicted octanol–water partition coefficient (Wildman–Crippen LogP) is 4.20. The van der Waals surface area contributed by atoms with Gasteiger partial charge in [0, 0.05) is 18.4 Å². The van der Waals surface area contributed by atoms with Crippen molar-refractivity contribution in [2.24, 2.45) is 0 Å². The summed E-state index contributed by atoms with van der Waals surface area (Å²) in [5.74, 6) is 0.214. The number of hydrogen-bond donors (Lipinski definition) is 0. The summed E-state index contributed by atoms with van der Waals surface area (Å²) in [6.07, 6.45) is 1.45. The van der Waals surface area contributed by atoms with E-state index >= 15 is 0 Å². The van der Waals surface area contributed by atoms with Crippen LogP contribution in [0.4, 0.5) is 0 Å². The fourth-order valence-corrected chi connectivity index (χ4v) is 3.07. The third kappa shape index (κ3) is 3.31. The van der Waals surface area contributed by atoms with Gasteiger partial charge in [0.05, 0.1) is 11.5 Å². The van der Waals surface area contributed by atoms with Crippen molar-refractivity contribution in [3.8, 4) is 10.4 Å². The summed E-state index contributed by atoms with van der Waals surface area (Å²) in [6, 6.07) is 12.3. The molecule has 0 amide bonds. The van der Waals surface area contributed by atoms with E-state index in [0.29, 0.717) is 13.0 Å². The molecule has 0 aliphatic carbocycles. The molecule has 0 aliphatic rings. The molecule has 0 radical (unpaired) electrons. The highest BCUT2D eigenvalue weighted by molar-refractivity contribution is 7.17. The fourth-order valence-electron chi connectivity index (χ4n) is 2.00. The van der Waals surface area contributed by atoms with Crippen LogP contribution in [-0.4, -0.2) is 19.5 Å². The normalized spacial score (nSPS) is 10.6. The number of hydrogen-bond acceptors (Lipinski definition) is 3. The minimum absolute atomic E-state index is 0.214. The summed E-state index contributed by atoms with van der Waals surface area (Å²) in [5, 5.41) is 0. The lowest BCUT2D eigenvalue weighted by Gasteiger charge is -2.07. The highest BCUT2D eigenvalue weighted by Gasteiger charge is 2.10. The molecule has 0 fully saturated rings. The molecule has 100 valence electrons. The molecule has 0 saturated carbocycles. The molecule has 1 aromatic carbocycles. The fraction of sp³-hybridized carbons (Fsp3) is 0.312. The van der Waals surface area contributed by atoms with Crippen molar-refractivity contribution < 1.29 is 9.53 Å². The van der Waals surface area contributed by atoms with Crippen LogP contribution < -0.4 is 0 Å². The Morgan fingerprint density at radius 2 is 2.00 bits per heavy atom. The molecular weight excluding hydrogens is 256 g/mol. The lowest BCUT2D eigenvalue weighted by Crippen LogP contribution is -1.96. The van der Waals surface area contributed by atoms with E-state index in [-0.39, 0.29) is 5.78 Å². The molecule has 2 rings (SSSR count). The Morgan fingerprint density at radius 3 is 2.74 bits per heavy atom. The van der Waals surface area contributed by atoms with E-state index in [4.69, 9.17) is 4.74 Å². The van der Waals surface area contributed by atoms with Gasteiger partial charge in [-0.15, -0.1) is 11.3 Å². The summed E-state index contributed by atoms with van der Waals surface area (Å²) in [5.41, 5.74) is 2.47. The summed E-state index contributed by atoms with van der Waals surface area (Å²) in [7, 11) is 1.71. The van der Waals surface area contributed by atoms with E-state index < -0.39 is 0 Å². The standard InChI is InChI=1S/C16H18O2S/c1-3-14(17)16-9-8-15(19-16)13-7-5-4-6-12(13)10-11-18-2/h4-9H,3,10-11H2,1-2H3. The van der Waals surface area contributed by atoms with Gasteiger partial charge in [-0.25, -0.2) is 0 Å². The summed E-state index contributed by atoms with van der Waals surface area (Å²) < 4.78 is 5.15. The zero-order chi connectivity index (χ0) is 13.7. The SMILES string of the molecule is CCC(=O)c1ccc(-c2ccccc2CCOC)s1. The second kappa shape index (κ2) is 6.64. The van der Waals surface area contributed by atoms with Gasteiger partial charge in [0.15, 0.2) is 5.78 Å². The van der Waals surface area contributed by atoms with Crippen molar-refractivity contribution >= 4 is 17.1 Å². The third-order valence-electron chi connectivity index (χ3n) is 3.06. The van der Waals surface area contributed by atoms with Crippen LogP contribution in [0.15, 0.2) is 36.4 Å². The zero-order valence-electron chi connectivity index (χ0n) is 11.3. The van der Waals surface area contributed by atoms with Crippen molar-refractivity contribution in [2.75, 3.05) is 13.7 Å². The predicted molar refractivity (Wildman–Crippen MR) is 80.0 cm³/mol. The minimum atomic E-state index is 0.214. The summed E-state index contributed by atoms with van der Waals surface area (Å²) >= 11 is 1.58. The Kier molecular flexibility index (Phi) is 4.88. The summed E-state index contributed by atoms with van der Waals surface area (Å²) in [6.45, 7) is 2.61. The maximum Gasteiger partial charge on any atom is 0.172 e. The van der Waals surface area contributed by atoms with Gasteiger partial charge < -0.3 is 4.74 Å². The van der Waals surface area contributed by atoms with Crippen LogP contribution >= 0.6 is 11.3 Å². The van der Waals surface area contributed by atoms with Gasteiger partial charge in [-0.3, -0.25) is 4.79 Å². The highest BCUT2D eigenvalue weighted by atomic mass is 32.1. The van der Waals surface area contributed by atoms with Gasteiger partial charge in [-0.1, -0.05) is 31.2 Å². The van der Waals surface area contributed by atoms with Crippen LogP contribution in [0.1, 0.15) is 28.6 Å². The van der Waals surface area contributed by atoms with Gasteiger partial charge in [0.1, 0.15) is 0 Å². The lowest BCUT2D eigenvalue weighted by atomic mass is 10.0. The second-order valence-corrected chi connectivity index (χ2v) is 5.42. The van der Waals surface area contributed by atoms with E-state index in [1.165, 1.54) is 11.1 Å². The van der Waals surface area contributed by atoms with Crippen molar-refractivity contribution in [2.45, 2.75) is 19.8 Å². The molecule has 1 aromatic heterocycles. The van der Waals surface area contributed by atoms with E-state index in [9.17, 15) is 4.79 Å². The van der Waals surface area contributed by atoms with Crippen molar-refractivity contribution in [3.63, 3.8) is 0 Å². The number of methoxy groups -OCH3 is 1. The average Bonchev–Trinajstić information content (AvgIpc) is 2.94. The van der Waals surface area contributed by atoms with E-state index in [1.54, 1.807) is 18.4 Å². The van der Waals surface area contributed by atoms with E-state index in [2.05, 4.69) is 12.1 Å². The second-order valence-electron chi connectivity index (χ2n) is 4.34. The number of benzene rings is 1. The number of Topliss-reactive ketones (excluding diaryl/α,β-unsaturated/α-hetero) is 1. The monoisotopic (exact) mass is 274 g/mol. The van der Waals surface area contributed by atoms with Crippen molar-refractivity contribution in [3.05, 3.63) is 46.8 Å². The maximum absolute atomic E-state index is 11.7. The number of carbonyl (C=O) groups is 1. The smallest absolute Gasteiger partial charge is 0.172 e. The number of ether oxygens (including phenoxy) is 1. The van der Waals surface area contributed by atoms with Crippen LogP contribution in [-0.2, 0) is 11.2 Å². The minimum Gasteiger partial charge on any atom is -0.384 e. The van der Waals surface area contributed by atoms with Crippen LogP contribution in [0.25, 0.3) is 10.4 Å². The molecule has 3 heteroatoms. The van der Waals surface area contributed by atoms with Gasteiger partial charge in [0.2, 0.25) is 0 Å². The van der Waals surface area contributed by atoms with E-state index in [0.717, 1.165) is 16.2 Å². The number of ketones is 1. The maximum atomic E-state index is 11.7. The zero-order valence-corrected chi connectivity index (χ0v) is 12.1. The van der Waals surface area contributed by atoms with Crippen LogP contribution in [0.5, 0.6) is 0 Å². The number of thiophene rings is 1. The number of carbonyl (C=O) groups excluding carboxylic acids is 1. The summed E-state index contributed by atoms with van der Waals surface area (Å²) in [4.78, 5) is 13.7. The van der Waals surface area contributed by atoms with Crippen molar-refractivity contribution in [1.82, 2.24) is 0 Å². The molecule has 2 aromatic rings. The van der Waals surface area contributed by atoms with E-state index in [1.807, 2.05) is 31.2 Å². The first-order valence-corrected chi connectivity index (χ1v) is 7.28. The Labute approximate surface area is 118 Å². The van der Waals surface area contributed by atoms with Crippen LogP contribution in [0, 0.1) is 0 Å². The lowest BCUT2D eigenvalue weighted by molar-refractivity contribution is 0.0992. The topological polar surface area (TPSA) is 26.3 Å². The first-order chi connectivity index (χ1) is 9.26. The molecule has 0 atom stereocenters.